The Morgan fingerprint density at radius 2 is 1.84 bits per heavy atom. The van der Waals surface area contributed by atoms with Crippen LogP contribution >= 0.6 is 0 Å². The van der Waals surface area contributed by atoms with E-state index in [4.69, 9.17) is 0 Å². The minimum atomic E-state index is -0.494. The van der Waals surface area contributed by atoms with Crippen LogP contribution in [-0.2, 0) is 6.42 Å². The number of fused-ring (bicyclic) bond motifs is 1. The Kier molecular flexibility index (Phi) is 4.75. The molecule has 0 radical (unpaired) electrons. The topological polar surface area (TPSA) is 72.2 Å². The molecule has 0 aromatic heterocycles. The van der Waals surface area contributed by atoms with Crippen molar-refractivity contribution in [3.8, 4) is 0 Å². The van der Waals surface area contributed by atoms with Gasteiger partial charge in [-0.2, -0.15) is 0 Å². The lowest BCUT2D eigenvalue weighted by Gasteiger charge is -2.09. The van der Waals surface area contributed by atoms with Crippen molar-refractivity contribution in [2.24, 2.45) is 0 Å². The number of amides is 1. The lowest BCUT2D eigenvalue weighted by Crippen LogP contribution is -2.26. The Hall–Kier alpha value is -3.21. The Balaban J connectivity index is 1.71. The molecule has 5 nitrogen and oxygen atoms in total. The highest BCUT2D eigenvalue weighted by molar-refractivity contribution is 5.96. The summed E-state index contributed by atoms with van der Waals surface area (Å²) in [6.07, 6.45) is 0.696. The van der Waals surface area contributed by atoms with E-state index in [0.29, 0.717) is 24.1 Å². The molecule has 0 heterocycles. The number of hydrogen-bond acceptors (Lipinski definition) is 3. The van der Waals surface area contributed by atoms with E-state index in [1.807, 2.05) is 24.3 Å². The summed E-state index contributed by atoms with van der Waals surface area (Å²) in [6.45, 7) is 2.23. The van der Waals surface area contributed by atoms with Gasteiger partial charge in [0.25, 0.3) is 11.6 Å². The number of benzene rings is 3. The summed E-state index contributed by atoms with van der Waals surface area (Å²) in [6, 6.07) is 18.6. The molecule has 0 aliphatic rings. The first-order chi connectivity index (χ1) is 12.1. The maximum Gasteiger partial charge on any atom is 0.270 e. The molecule has 126 valence electrons. The van der Waals surface area contributed by atoms with Crippen molar-refractivity contribution in [1.29, 1.82) is 0 Å². The van der Waals surface area contributed by atoms with Gasteiger partial charge < -0.3 is 5.32 Å². The monoisotopic (exact) mass is 334 g/mol. The summed E-state index contributed by atoms with van der Waals surface area (Å²) in [5.41, 5.74) is 2.14. The molecule has 0 bridgehead atoms. The number of nitrogens with one attached hydrogen (secondary N) is 1. The molecule has 1 N–H and O–H groups in total. The molecule has 0 aliphatic heterocycles. The van der Waals surface area contributed by atoms with Gasteiger partial charge in [-0.15, -0.1) is 0 Å². The number of carbonyl (C=O) groups is 1. The van der Waals surface area contributed by atoms with Gasteiger partial charge >= 0.3 is 0 Å². The van der Waals surface area contributed by atoms with E-state index < -0.39 is 4.92 Å². The maximum atomic E-state index is 12.4. The fourth-order valence-electron chi connectivity index (χ4n) is 2.88. The molecule has 3 rings (SSSR count). The van der Waals surface area contributed by atoms with Crippen LogP contribution in [-0.4, -0.2) is 17.4 Å². The minimum absolute atomic E-state index is 0.0789. The molecule has 0 saturated heterocycles. The fraction of sp³-hybridized carbons (Fsp3) is 0.150. The van der Waals surface area contributed by atoms with Crippen LogP contribution in [0.25, 0.3) is 10.8 Å². The van der Waals surface area contributed by atoms with Crippen LogP contribution in [0.2, 0.25) is 0 Å². The molecule has 3 aromatic carbocycles. The third kappa shape index (κ3) is 3.66. The van der Waals surface area contributed by atoms with Gasteiger partial charge in [0, 0.05) is 24.2 Å². The molecule has 5 heteroatoms. The van der Waals surface area contributed by atoms with Gasteiger partial charge in [-0.3, -0.25) is 14.9 Å². The summed E-state index contributed by atoms with van der Waals surface area (Å²) in [4.78, 5) is 22.8. The molecule has 0 unspecified atom stereocenters. The van der Waals surface area contributed by atoms with E-state index in [2.05, 4.69) is 23.5 Å². The summed E-state index contributed by atoms with van der Waals surface area (Å²) in [5.74, 6) is -0.290. The molecular weight excluding hydrogens is 316 g/mol. The van der Waals surface area contributed by atoms with Gasteiger partial charge in [0.1, 0.15) is 0 Å². The quantitative estimate of drug-likeness (QED) is 0.565. The highest BCUT2D eigenvalue weighted by atomic mass is 16.6. The second-order valence-electron chi connectivity index (χ2n) is 5.90. The number of rotatable bonds is 5. The average molecular weight is 334 g/mol. The maximum absolute atomic E-state index is 12.4. The van der Waals surface area contributed by atoms with Crippen LogP contribution < -0.4 is 5.32 Å². The fourth-order valence-corrected chi connectivity index (χ4v) is 2.88. The second-order valence-corrected chi connectivity index (χ2v) is 5.90. The molecule has 0 atom stereocenters. The number of hydrogen-bond donors (Lipinski definition) is 1. The van der Waals surface area contributed by atoms with E-state index in [1.165, 1.54) is 22.9 Å². The summed E-state index contributed by atoms with van der Waals surface area (Å²) < 4.78 is 0. The van der Waals surface area contributed by atoms with Crippen molar-refractivity contribution in [2.45, 2.75) is 13.3 Å². The first kappa shape index (κ1) is 16.6. The number of nitrogens with zero attached hydrogens (tertiary/aromatic N) is 1. The first-order valence-corrected chi connectivity index (χ1v) is 8.06. The summed E-state index contributed by atoms with van der Waals surface area (Å²) in [5, 5.41) is 16.1. The van der Waals surface area contributed by atoms with E-state index in [1.54, 1.807) is 13.0 Å². The number of aryl methyl sites for hydroxylation is 1. The molecule has 0 aliphatic carbocycles. The zero-order valence-corrected chi connectivity index (χ0v) is 13.9. The van der Waals surface area contributed by atoms with Crippen LogP contribution in [0, 0.1) is 17.0 Å². The summed E-state index contributed by atoms with van der Waals surface area (Å²) >= 11 is 0. The normalized spacial score (nSPS) is 10.6. The first-order valence-electron chi connectivity index (χ1n) is 8.06. The number of nitro benzene ring substituents is 1. The molecule has 3 aromatic rings. The van der Waals surface area contributed by atoms with Crippen LogP contribution in [0.1, 0.15) is 21.5 Å². The van der Waals surface area contributed by atoms with Crippen LogP contribution in [0.5, 0.6) is 0 Å². The van der Waals surface area contributed by atoms with Crippen molar-refractivity contribution in [1.82, 2.24) is 5.32 Å². The van der Waals surface area contributed by atoms with Gasteiger partial charge in [0.05, 0.1) is 4.92 Å². The van der Waals surface area contributed by atoms with Crippen LogP contribution in [0.15, 0.2) is 60.7 Å². The molecular formula is C20H18N2O3. The third-order valence-corrected chi connectivity index (χ3v) is 4.24. The van der Waals surface area contributed by atoms with Gasteiger partial charge in [0.2, 0.25) is 0 Å². The van der Waals surface area contributed by atoms with Crippen molar-refractivity contribution in [3.63, 3.8) is 0 Å². The van der Waals surface area contributed by atoms with Crippen LogP contribution in [0.4, 0.5) is 5.69 Å². The smallest absolute Gasteiger partial charge is 0.270 e. The molecule has 0 fully saturated rings. The summed E-state index contributed by atoms with van der Waals surface area (Å²) in [7, 11) is 0. The zero-order valence-electron chi connectivity index (χ0n) is 13.9. The Bertz CT molecular complexity index is 945. The standard InChI is InChI=1S/C20H18N2O3/c1-14-9-10-17(22(24)25)13-19(14)20(23)21-12-11-16-7-4-6-15-5-2-3-8-18(15)16/h2-10,13H,11-12H2,1H3,(H,21,23). The Morgan fingerprint density at radius 3 is 2.64 bits per heavy atom. The highest BCUT2D eigenvalue weighted by Gasteiger charge is 2.14. The molecule has 25 heavy (non-hydrogen) atoms. The van der Waals surface area contributed by atoms with E-state index >= 15 is 0 Å². The van der Waals surface area contributed by atoms with Gasteiger partial charge in [-0.1, -0.05) is 48.5 Å². The lowest BCUT2D eigenvalue weighted by molar-refractivity contribution is -0.384. The Morgan fingerprint density at radius 1 is 1.08 bits per heavy atom. The second kappa shape index (κ2) is 7.13. The predicted octanol–water partition coefficient (Wildman–Crippen LogP) is 4.03. The van der Waals surface area contributed by atoms with Crippen LogP contribution in [0.3, 0.4) is 0 Å². The average Bonchev–Trinajstić information content (AvgIpc) is 2.62. The van der Waals surface area contributed by atoms with Gasteiger partial charge in [-0.05, 0) is 35.2 Å². The number of non-ortho nitro benzene ring substituents is 1. The molecule has 0 spiro atoms. The minimum Gasteiger partial charge on any atom is -0.352 e. The van der Waals surface area contributed by atoms with Crippen molar-refractivity contribution in [3.05, 3.63) is 87.5 Å². The number of nitro groups is 1. The Labute approximate surface area is 145 Å². The van der Waals surface area contributed by atoms with E-state index in [9.17, 15) is 14.9 Å². The largest absolute Gasteiger partial charge is 0.352 e. The van der Waals surface area contributed by atoms with Crippen molar-refractivity contribution in [2.75, 3.05) is 6.54 Å². The molecule has 0 saturated carbocycles. The van der Waals surface area contributed by atoms with E-state index in [0.717, 1.165) is 5.56 Å². The zero-order chi connectivity index (χ0) is 17.8. The SMILES string of the molecule is Cc1ccc([N+](=O)[O-])cc1C(=O)NCCc1cccc2ccccc12. The van der Waals surface area contributed by atoms with Crippen molar-refractivity contribution < 1.29 is 9.72 Å². The molecule has 1 amide bonds. The van der Waals surface area contributed by atoms with Gasteiger partial charge in [0.15, 0.2) is 0 Å². The highest BCUT2D eigenvalue weighted by Crippen LogP contribution is 2.19. The third-order valence-electron chi connectivity index (χ3n) is 4.24. The predicted molar refractivity (Wildman–Crippen MR) is 97.8 cm³/mol. The number of carbonyl (C=O) groups excluding carboxylic acids is 1. The van der Waals surface area contributed by atoms with Crippen molar-refractivity contribution >= 4 is 22.4 Å². The van der Waals surface area contributed by atoms with Gasteiger partial charge in [-0.25, -0.2) is 0 Å². The van der Waals surface area contributed by atoms with E-state index in [-0.39, 0.29) is 11.6 Å². The lowest BCUT2D eigenvalue weighted by atomic mass is 10.0.